The number of carbonyl (C=O) groups excluding carboxylic acids is 2. The van der Waals surface area contributed by atoms with Gasteiger partial charge in [0, 0.05) is 5.56 Å². The fraction of sp³-hybridized carbons (Fsp3) is 0.0833. The van der Waals surface area contributed by atoms with Gasteiger partial charge in [0.1, 0.15) is 11.1 Å². The minimum Gasteiger partial charge on any atom is -0.452 e. The molecule has 158 valence electrons. The van der Waals surface area contributed by atoms with Crippen LogP contribution in [-0.2, 0) is 9.53 Å². The molecule has 0 fully saturated rings. The summed E-state index contributed by atoms with van der Waals surface area (Å²) in [4.78, 5) is 29.1. The van der Waals surface area contributed by atoms with E-state index in [4.69, 9.17) is 14.4 Å². The van der Waals surface area contributed by atoms with Gasteiger partial charge in [-0.15, -0.1) is 11.3 Å². The first-order valence-electron chi connectivity index (χ1n) is 9.62. The Hall–Kier alpha value is -4.22. The first-order valence-corrected chi connectivity index (χ1v) is 10.5. The van der Waals surface area contributed by atoms with Crippen molar-refractivity contribution in [2.24, 2.45) is 0 Å². The van der Waals surface area contributed by atoms with Crippen LogP contribution < -0.4 is 5.32 Å². The first-order chi connectivity index (χ1) is 15.5. The smallest absolute Gasteiger partial charge is 0.339 e. The zero-order valence-corrected chi connectivity index (χ0v) is 17.8. The Morgan fingerprint density at radius 3 is 2.72 bits per heavy atom. The van der Waals surface area contributed by atoms with Gasteiger partial charge in [0.05, 0.1) is 22.9 Å². The van der Waals surface area contributed by atoms with Crippen LogP contribution in [0.2, 0.25) is 0 Å². The topological polar surface area (TPSA) is 105 Å². The molecular formula is C24H17N3O4S. The molecule has 8 heteroatoms. The first kappa shape index (κ1) is 21.0. The molecule has 32 heavy (non-hydrogen) atoms. The zero-order valence-electron chi connectivity index (χ0n) is 17.0. The van der Waals surface area contributed by atoms with Crippen molar-refractivity contribution in [2.75, 3.05) is 11.9 Å². The van der Waals surface area contributed by atoms with Crippen molar-refractivity contribution in [3.05, 3.63) is 82.9 Å². The van der Waals surface area contributed by atoms with Crippen LogP contribution >= 0.6 is 11.3 Å². The summed E-state index contributed by atoms with van der Waals surface area (Å²) >= 11 is 1.22. The van der Waals surface area contributed by atoms with Gasteiger partial charge in [-0.1, -0.05) is 42.0 Å². The molecule has 2 heterocycles. The predicted molar refractivity (Wildman–Crippen MR) is 120 cm³/mol. The minimum atomic E-state index is -0.683. The molecule has 0 saturated heterocycles. The fourth-order valence-corrected chi connectivity index (χ4v) is 3.72. The van der Waals surface area contributed by atoms with Crippen LogP contribution in [0.4, 0.5) is 5.00 Å². The Bertz CT molecular complexity index is 1320. The highest BCUT2D eigenvalue weighted by Gasteiger charge is 2.19. The number of ether oxygens (including phenoxy) is 1. The van der Waals surface area contributed by atoms with Crippen molar-refractivity contribution in [1.82, 2.24) is 4.98 Å². The summed E-state index contributed by atoms with van der Waals surface area (Å²) in [5.41, 5.74) is 3.05. The highest BCUT2D eigenvalue weighted by Crippen LogP contribution is 2.29. The molecule has 2 aromatic heterocycles. The summed E-state index contributed by atoms with van der Waals surface area (Å²) in [5.74, 6) is -0.369. The summed E-state index contributed by atoms with van der Waals surface area (Å²) in [6, 6.07) is 18.1. The van der Waals surface area contributed by atoms with Crippen LogP contribution in [0.25, 0.3) is 22.8 Å². The van der Waals surface area contributed by atoms with E-state index in [0.29, 0.717) is 21.9 Å². The van der Waals surface area contributed by atoms with Gasteiger partial charge in [-0.3, -0.25) is 4.79 Å². The average molecular weight is 443 g/mol. The molecule has 0 aliphatic rings. The lowest BCUT2D eigenvalue weighted by molar-refractivity contribution is -0.119. The molecule has 4 aromatic rings. The summed E-state index contributed by atoms with van der Waals surface area (Å²) in [6.45, 7) is 1.51. The molecule has 0 aliphatic heterocycles. The number of anilines is 1. The van der Waals surface area contributed by atoms with Crippen molar-refractivity contribution < 1.29 is 18.7 Å². The van der Waals surface area contributed by atoms with Gasteiger partial charge in [0.15, 0.2) is 12.4 Å². The maximum atomic E-state index is 12.7. The SMILES string of the molecule is Cc1ccc(-c2cnc(-c3ccccc3C(=O)OCC(=O)Nc3sccc3C#N)o2)cc1. The number of esters is 1. The lowest BCUT2D eigenvalue weighted by Crippen LogP contribution is -2.21. The standard InChI is InChI=1S/C24H17N3O4S/c1-15-6-8-16(9-7-15)20-13-26-22(31-20)18-4-2-3-5-19(18)24(29)30-14-21(28)27-23-17(12-25)10-11-32-23/h2-11,13H,14H2,1H3,(H,27,28). The largest absolute Gasteiger partial charge is 0.452 e. The van der Waals surface area contributed by atoms with Gasteiger partial charge in [-0.2, -0.15) is 5.26 Å². The third-order valence-electron chi connectivity index (χ3n) is 4.59. The van der Waals surface area contributed by atoms with E-state index >= 15 is 0 Å². The highest BCUT2D eigenvalue weighted by atomic mass is 32.1. The van der Waals surface area contributed by atoms with E-state index in [2.05, 4.69) is 10.3 Å². The molecule has 4 rings (SSSR count). The zero-order chi connectivity index (χ0) is 22.5. The third-order valence-corrected chi connectivity index (χ3v) is 5.42. The van der Waals surface area contributed by atoms with E-state index in [-0.39, 0.29) is 11.5 Å². The van der Waals surface area contributed by atoms with Gasteiger partial charge >= 0.3 is 5.97 Å². The average Bonchev–Trinajstić information content (AvgIpc) is 3.47. The highest BCUT2D eigenvalue weighted by molar-refractivity contribution is 7.14. The molecule has 0 aliphatic carbocycles. The number of hydrogen-bond donors (Lipinski definition) is 1. The molecule has 0 spiro atoms. The van der Waals surface area contributed by atoms with Crippen LogP contribution in [0.5, 0.6) is 0 Å². The molecule has 0 unspecified atom stereocenters. The second-order valence-electron chi connectivity index (χ2n) is 6.84. The number of carbonyl (C=O) groups is 2. The van der Waals surface area contributed by atoms with Crippen LogP contribution in [0.15, 0.2) is 70.6 Å². The maximum Gasteiger partial charge on any atom is 0.339 e. The Kier molecular flexibility index (Phi) is 6.10. The van der Waals surface area contributed by atoms with Crippen molar-refractivity contribution in [1.29, 1.82) is 5.26 Å². The Morgan fingerprint density at radius 1 is 1.16 bits per heavy atom. The molecular weight excluding hydrogens is 426 g/mol. The monoisotopic (exact) mass is 443 g/mol. The molecule has 1 amide bonds. The number of nitriles is 1. The molecule has 7 nitrogen and oxygen atoms in total. The van der Waals surface area contributed by atoms with Crippen LogP contribution in [-0.4, -0.2) is 23.5 Å². The number of nitrogens with zero attached hydrogens (tertiary/aromatic N) is 2. The number of benzene rings is 2. The van der Waals surface area contributed by atoms with Crippen molar-refractivity contribution >= 4 is 28.2 Å². The van der Waals surface area contributed by atoms with E-state index in [1.807, 2.05) is 37.3 Å². The van der Waals surface area contributed by atoms with Crippen molar-refractivity contribution in [3.63, 3.8) is 0 Å². The summed E-state index contributed by atoms with van der Waals surface area (Å²) in [6.07, 6.45) is 1.60. The Balaban J connectivity index is 1.47. The quantitative estimate of drug-likeness (QED) is 0.418. The van der Waals surface area contributed by atoms with E-state index < -0.39 is 18.5 Å². The number of aryl methyl sites for hydroxylation is 1. The molecule has 1 N–H and O–H groups in total. The maximum absolute atomic E-state index is 12.7. The number of amides is 1. The van der Waals surface area contributed by atoms with Gasteiger partial charge < -0.3 is 14.5 Å². The van der Waals surface area contributed by atoms with Crippen LogP contribution in [0.3, 0.4) is 0 Å². The predicted octanol–water partition coefficient (Wildman–Crippen LogP) is 5.05. The normalized spacial score (nSPS) is 10.4. The second-order valence-corrected chi connectivity index (χ2v) is 7.76. The van der Waals surface area contributed by atoms with E-state index in [1.165, 1.54) is 11.3 Å². The summed E-state index contributed by atoms with van der Waals surface area (Å²) in [5, 5.41) is 13.7. The lowest BCUT2D eigenvalue weighted by Gasteiger charge is -2.08. The Morgan fingerprint density at radius 2 is 1.94 bits per heavy atom. The molecule has 2 aromatic carbocycles. The number of hydrogen-bond acceptors (Lipinski definition) is 7. The number of oxazole rings is 1. The fourth-order valence-electron chi connectivity index (χ4n) is 2.96. The summed E-state index contributed by atoms with van der Waals surface area (Å²) < 4.78 is 11.1. The minimum absolute atomic E-state index is 0.228. The van der Waals surface area contributed by atoms with Gasteiger partial charge in [-0.05, 0) is 30.5 Å². The number of rotatable bonds is 6. The van der Waals surface area contributed by atoms with E-state index in [0.717, 1.165) is 11.1 Å². The van der Waals surface area contributed by atoms with Crippen LogP contribution in [0.1, 0.15) is 21.5 Å². The van der Waals surface area contributed by atoms with Crippen molar-refractivity contribution in [2.45, 2.75) is 6.92 Å². The Labute approximate surface area is 187 Å². The van der Waals surface area contributed by atoms with E-state index in [1.54, 1.807) is 41.9 Å². The molecule has 0 saturated carbocycles. The lowest BCUT2D eigenvalue weighted by atomic mass is 10.1. The van der Waals surface area contributed by atoms with Crippen LogP contribution in [0, 0.1) is 18.3 Å². The van der Waals surface area contributed by atoms with Gasteiger partial charge in [-0.25, -0.2) is 9.78 Å². The molecule has 0 atom stereocenters. The molecule has 0 bridgehead atoms. The van der Waals surface area contributed by atoms with Crippen molar-refractivity contribution in [3.8, 4) is 28.8 Å². The van der Waals surface area contributed by atoms with Gasteiger partial charge in [0.2, 0.25) is 5.89 Å². The van der Waals surface area contributed by atoms with Gasteiger partial charge in [0.25, 0.3) is 5.91 Å². The number of nitrogens with one attached hydrogen (secondary N) is 1. The number of thiophene rings is 1. The third kappa shape index (κ3) is 4.58. The summed E-state index contributed by atoms with van der Waals surface area (Å²) in [7, 11) is 0. The second kappa shape index (κ2) is 9.29. The van der Waals surface area contributed by atoms with E-state index in [9.17, 15) is 9.59 Å². The number of aromatic nitrogens is 1. The molecule has 0 radical (unpaired) electrons.